The third-order valence-electron chi connectivity index (χ3n) is 2.88. The first kappa shape index (κ1) is 15.9. The minimum atomic E-state index is -3.65. The van der Waals surface area contributed by atoms with E-state index in [1.165, 1.54) is 16.4 Å². The summed E-state index contributed by atoms with van der Waals surface area (Å²) in [7, 11) is -3.65. The Kier molecular flexibility index (Phi) is 4.87. The Balaban J connectivity index is 3.46. The smallest absolute Gasteiger partial charge is 0.207 e. The van der Waals surface area contributed by atoms with Crippen LogP contribution in [-0.4, -0.2) is 25.3 Å². The second kappa shape index (κ2) is 5.84. The highest BCUT2D eigenvalue weighted by Crippen LogP contribution is 2.26. The fourth-order valence-electron chi connectivity index (χ4n) is 2.14. The van der Waals surface area contributed by atoms with Crippen molar-refractivity contribution in [1.29, 1.82) is 0 Å². The lowest BCUT2D eigenvalue weighted by atomic mass is 10.1. The summed E-state index contributed by atoms with van der Waals surface area (Å²) < 4.78 is 40.0. The Morgan fingerprint density at radius 1 is 1.32 bits per heavy atom. The molecule has 0 atom stereocenters. The van der Waals surface area contributed by atoms with E-state index in [1.807, 2.05) is 0 Å². The molecule has 0 unspecified atom stereocenters. The predicted octanol–water partition coefficient (Wildman–Crippen LogP) is 3.03. The molecule has 0 fully saturated rings. The van der Waals surface area contributed by atoms with E-state index in [0.29, 0.717) is 11.1 Å². The van der Waals surface area contributed by atoms with Gasteiger partial charge in [-0.15, -0.1) is 6.58 Å². The summed E-state index contributed by atoms with van der Waals surface area (Å²) in [6.45, 7) is 10.6. The van der Waals surface area contributed by atoms with E-state index in [2.05, 4.69) is 6.58 Å². The number of halogens is 1. The maximum atomic E-state index is 13.3. The van der Waals surface area contributed by atoms with Crippen molar-refractivity contribution in [1.82, 2.24) is 4.31 Å². The normalized spacial score (nSPS) is 12.2. The third-order valence-corrected chi connectivity index (χ3v) is 5.22. The van der Waals surface area contributed by atoms with Gasteiger partial charge in [0.05, 0.1) is 4.90 Å². The van der Waals surface area contributed by atoms with Crippen molar-refractivity contribution in [3.05, 3.63) is 41.7 Å². The number of hydrogen-bond acceptors (Lipinski definition) is 2. The highest BCUT2D eigenvalue weighted by molar-refractivity contribution is 7.89. The van der Waals surface area contributed by atoms with Gasteiger partial charge in [0.1, 0.15) is 5.82 Å². The summed E-state index contributed by atoms with van der Waals surface area (Å²) in [5, 5.41) is 0. The Morgan fingerprint density at radius 2 is 1.79 bits per heavy atom. The van der Waals surface area contributed by atoms with Gasteiger partial charge in [0.2, 0.25) is 10.0 Å². The summed E-state index contributed by atoms with van der Waals surface area (Å²) in [5.74, 6) is -0.422. The second-order valence-electron chi connectivity index (χ2n) is 4.83. The Labute approximate surface area is 114 Å². The molecular formula is C14H20FNO2S. The molecule has 0 saturated heterocycles. The van der Waals surface area contributed by atoms with E-state index in [9.17, 15) is 12.8 Å². The zero-order valence-electron chi connectivity index (χ0n) is 11.8. The summed E-state index contributed by atoms with van der Waals surface area (Å²) in [5.41, 5.74) is 0.847. The number of hydrogen-bond donors (Lipinski definition) is 0. The Morgan fingerprint density at radius 3 is 2.16 bits per heavy atom. The maximum Gasteiger partial charge on any atom is 0.244 e. The van der Waals surface area contributed by atoms with E-state index in [-0.39, 0.29) is 17.5 Å². The quantitative estimate of drug-likeness (QED) is 0.780. The van der Waals surface area contributed by atoms with Crippen LogP contribution in [0.25, 0.3) is 0 Å². The molecule has 0 aliphatic rings. The summed E-state index contributed by atoms with van der Waals surface area (Å²) >= 11 is 0. The molecule has 0 radical (unpaired) electrons. The highest BCUT2D eigenvalue weighted by Gasteiger charge is 2.29. The molecule has 0 aromatic heterocycles. The van der Waals surface area contributed by atoms with Crippen LogP contribution in [0.15, 0.2) is 29.7 Å². The van der Waals surface area contributed by atoms with Gasteiger partial charge in [-0.05, 0) is 51.0 Å². The lowest BCUT2D eigenvalue weighted by Gasteiger charge is -2.26. The monoisotopic (exact) mass is 285 g/mol. The van der Waals surface area contributed by atoms with Crippen LogP contribution in [0.1, 0.15) is 25.0 Å². The van der Waals surface area contributed by atoms with Crippen LogP contribution in [0.5, 0.6) is 0 Å². The van der Waals surface area contributed by atoms with Gasteiger partial charge in [-0.2, -0.15) is 4.31 Å². The molecule has 5 heteroatoms. The van der Waals surface area contributed by atoms with E-state index < -0.39 is 15.8 Å². The predicted molar refractivity (Wildman–Crippen MR) is 75.1 cm³/mol. The van der Waals surface area contributed by atoms with Crippen molar-refractivity contribution in [3.8, 4) is 0 Å². The van der Waals surface area contributed by atoms with Gasteiger partial charge in [0.15, 0.2) is 0 Å². The van der Waals surface area contributed by atoms with E-state index >= 15 is 0 Å². The molecule has 1 aromatic rings. The van der Waals surface area contributed by atoms with Crippen LogP contribution in [0.2, 0.25) is 0 Å². The van der Waals surface area contributed by atoms with Crippen LogP contribution in [0.4, 0.5) is 4.39 Å². The fourth-order valence-corrected chi connectivity index (χ4v) is 4.16. The molecule has 0 spiro atoms. The third kappa shape index (κ3) is 3.22. The van der Waals surface area contributed by atoms with Crippen molar-refractivity contribution in [2.24, 2.45) is 0 Å². The lowest BCUT2D eigenvalue weighted by Crippen LogP contribution is -2.37. The molecule has 0 heterocycles. The summed E-state index contributed by atoms with van der Waals surface area (Å²) in [6.07, 6.45) is 1.55. The highest BCUT2D eigenvalue weighted by atomic mass is 32.2. The Hall–Kier alpha value is -1.20. The standard InChI is InChI=1S/C14H20FNO2S/c1-6-7-16(10(2)3)19(17,18)14-11(4)8-13(15)9-12(14)5/h6,8-10H,1,7H2,2-5H3. The molecule has 1 aromatic carbocycles. The average Bonchev–Trinajstić information content (AvgIpc) is 2.22. The number of sulfonamides is 1. The first-order chi connectivity index (χ1) is 8.71. The average molecular weight is 285 g/mol. The number of rotatable bonds is 5. The zero-order chi connectivity index (χ0) is 14.8. The topological polar surface area (TPSA) is 37.4 Å². The van der Waals surface area contributed by atoms with Gasteiger partial charge >= 0.3 is 0 Å². The largest absolute Gasteiger partial charge is 0.244 e. The van der Waals surface area contributed by atoms with Crippen molar-refractivity contribution in [2.75, 3.05) is 6.54 Å². The van der Waals surface area contributed by atoms with E-state index in [0.717, 1.165) is 0 Å². The van der Waals surface area contributed by atoms with Crippen LogP contribution in [0.3, 0.4) is 0 Å². The van der Waals surface area contributed by atoms with Gasteiger partial charge in [0.25, 0.3) is 0 Å². The van der Waals surface area contributed by atoms with Gasteiger partial charge < -0.3 is 0 Å². The molecule has 0 amide bonds. The van der Waals surface area contributed by atoms with E-state index in [4.69, 9.17) is 0 Å². The van der Waals surface area contributed by atoms with Gasteiger partial charge in [0, 0.05) is 12.6 Å². The molecule has 0 bridgehead atoms. The van der Waals surface area contributed by atoms with E-state index in [1.54, 1.807) is 33.8 Å². The van der Waals surface area contributed by atoms with Crippen LogP contribution < -0.4 is 0 Å². The van der Waals surface area contributed by atoms with Crippen molar-refractivity contribution >= 4 is 10.0 Å². The molecular weight excluding hydrogens is 265 g/mol. The molecule has 0 N–H and O–H groups in total. The molecule has 1 rings (SSSR count). The van der Waals surface area contributed by atoms with Crippen LogP contribution >= 0.6 is 0 Å². The zero-order valence-corrected chi connectivity index (χ0v) is 12.6. The number of nitrogens with zero attached hydrogens (tertiary/aromatic N) is 1. The lowest BCUT2D eigenvalue weighted by molar-refractivity contribution is 0.382. The van der Waals surface area contributed by atoms with Crippen molar-refractivity contribution in [3.63, 3.8) is 0 Å². The first-order valence-electron chi connectivity index (χ1n) is 6.11. The molecule has 19 heavy (non-hydrogen) atoms. The minimum Gasteiger partial charge on any atom is -0.207 e. The van der Waals surface area contributed by atoms with Gasteiger partial charge in [-0.25, -0.2) is 12.8 Å². The molecule has 0 aliphatic heterocycles. The second-order valence-corrected chi connectivity index (χ2v) is 6.65. The first-order valence-corrected chi connectivity index (χ1v) is 7.55. The number of benzene rings is 1. The summed E-state index contributed by atoms with van der Waals surface area (Å²) in [4.78, 5) is 0.185. The number of aryl methyl sites for hydroxylation is 2. The summed E-state index contributed by atoms with van der Waals surface area (Å²) in [6, 6.07) is 2.30. The van der Waals surface area contributed by atoms with Crippen LogP contribution in [-0.2, 0) is 10.0 Å². The minimum absolute atomic E-state index is 0.185. The molecule has 3 nitrogen and oxygen atoms in total. The van der Waals surface area contributed by atoms with Crippen LogP contribution in [0, 0.1) is 19.7 Å². The molecule has 0 saturated carbocycles. The Bertz CT molecular complexity index is 556. The van der Waals surface area contributed by atoms with Gasteiger partial charge in [-0.1, -0.05) is 6.08 Å². The van der Waals surface area contributed by atoms with Crippen molar-refractivity contribution in [2.45, 2.75) is 38.6 Å². The molecule has 106 valence electrons. The molecule has 0 aliphatic carbocycles. The maximum absolute atomic E-state index is 13.3. The van der Waals surface area contributed by atoms with Gasteiger partial charge in [-0.3, -0.25) is 0 Å². The fraction of sp³-hybridized carbons (Fsp3) is 0.429. The SMILES string of the molecule is C=CCN(C(C)C)S(=O)(=O)c1c(C)cc(F)cc1C. The van der Waals surface area contributed by atoms with Crippen molar-refractivity contribution < 1.29 is 12.8 Å².